The van der Waals surface area contributed by atoms with Crippen LogP contribution in [0.25, 0.3) is 11.1 Å². The summed E-state index contributed by atoms with van der Waals surface area (Å²) in [5.41, 5.74) is 2.95. The maximum atomic E-state index is 6.05. The second kappa shape index (κ2) is 6.46. The van der Waals surface area contributed by atoms with Gasteiger partial charge in [0.05, 0.1) is 0 Å². The quantitative estimate of drug-likeness (QED) is 0.750. The van der Waals surface area contributed by atoms with Crippen molar-refractivity contribution in [1.82, 2.24) is 4.98 Å². The summed E-state index contributed by atoms with van der Waals surface area (Å²) < 4.78 is 11.4. The van der Waals surface area contributed by atoms with E-state index in [0.717, 1.165) is 48.7 Å². The van der Waals surface area contributed by atoms with Gasteiger partial charge in [-0.15, -0.1) is 0 Å². The molecule has 0 bridgehead atoms. The maximum Gasteiger partial charge on any atom is 0.295 e. The molecule has 124 valence electrons. The van der Waals surface area contributed by atoms with Crippen molar-refractivity contribution in [2.45, 2.75) is 18.3 Å². The molecule has 5 heteroatoms. The Morgan fingerprint density at radius 2 is 1.79 bits per heavy atom. The van der Waals surface area contributed by atoms with E-state index < -0.39 is 0 Å². The van der Waals surface area contributed by atoms with Crippen LogP contribution >= 0.6 is 11.6 Å². The first-order valence-corrected chi connectivity index (χ1v) is 8.56. The molecule has 2 aromatic carbocycles. The molecule has 1 aromatic heterocycles. The predicted molar refractivity (Wildman–Crippen MR) is 95.7 cm³/mol. The highest BCUT2D eigenvalue weighted by Gasteiger charge is 2.34. The number of fused-ring (bicyclic) bond motifs is 1. The SMILES string of the molecule is Clc1ccc(C2(CNc3nc4ccccc4o3)CCOCC2)cc1. The topological polar surface area (TPSA) is 47.3 Å². The average Bonchev–Trinajstić information content (AvgIpc) is 3.04. The van der Waals surface area contributed by atoms with Gasteiger partial charge in [0.1, 0.15) is 5.52 Å². The minimum absolute atomic E-state index is 0.00347. The Labute approximate surface area is 145 Å². The van der Waals surface area contributed by atoms with Crippen molar-refractivity contribution in [3.63, 3.8) is 0 Å². The second-order valence-corrected chi connectivity index (χ2v) is 6.68. The van der Waals surface area contributed by atoms with E-state index in [4.69, 9.17) is 20.8 Å². The first-order chi connectivity index (χ1) is 11.8. The summed E-state index contributed by atoms with van der Waals surface area (Å²) in [6, 6.07) is 16.5. The minimum atomic E-state index is 0.00347. The van der Waals surface area contributed by atoms with Crippen molar-refractivity contribution >= 4 is 28.7 Å². The van der Waals surface area contributed by atoms with Gasteiger partial charge in [0, 0.05) is 30.2 Å². The number of hydrogen-bond donors (Lipinski definition) is 1. The van der Waals surface area contributed by atoms with Crippen molar-refractivity contribution in [3.05, 3.63) is 59.1 Å². The second-order valence-electron chi connectivity index (χ2n) is 6.24. The molecular weight excluding hydrogens is 324 g/mol. The zero-order chi connectivity index (χ0) is 16.4. The molecule has 1 aliphatic heterocycles. The number of para-hydroxylation sites is 2. The Bertz CT molecular complexity index is 790. The monoisotopic (exact) mass is 342 g/mol. The number of rotatable bonds is 4. The molecule has 1 fully saturated rings. The van der Waals surface area contributed by atoms with E-state index >= 15 is 0 Å². The van der Waals surface area contributed by atoms with E-state index in [2.05, 4.69) is 22.4 Å². The van der Waals surface area contributed by atoms with Gasteiger partial charge in [-0.25, -0.2) is 0 Å². The third kappa shape index (κ3) is 2.99. The van der Waals surface area contributed by atoms with Crippen LogP contribution in [0.2, 0.25) is 5.02 Å². The highest BCUT2D eigenvalue weighted by Crippen LogP contribution is 2.36. The lowest BCUT2D eigenvalue weighted by Gasteiger charge is -2.37. The van der Waals surface area contributed by atoms with Gasteiger partial charge >= 0.3 is 0 Å². The average molecular weight is 343 g/mol. The summed E-state index contributed by atoms with van der Waals surface area (Å²) in [5, 5.41) is 4.15. The summed E-state index contributed by atoms with van der Waals surface area (Å²) in [5.74, 6) is 0. The molecule has 0 aliphatic carbocycles. The van der Waals surface area contributed by atoms with E-state index in [-0.39, 0.29) is 5.41 Å². The predicted octanol–water partition coefficient (Wildman–Crippen LogP) is 4.64. The molecule has 1 N–H and O–H groups in total. The lowest BCUT2D eigenvalue weighted by molar-refractivity contribution is 0.0542. The van der Waals surface area contributed by atoms with E-state index in [1.54, 1.807) is 0 Å². The largest absolute Gasteiger partial charge is 0.424 e. The van der Waals surface area contributed by atoms with Crippen LogP contribution in [-0.2, 0) is 10.2 Å². The van der Waals surface area contributed by atoms with E-state index in [1.807, 2.05) is 36.4 Å². The molecule has 3 aromatic rings. The number of aromatic nitrogens is 1. The summed E-state index contributed by atoms with van der Waals surface area (Å²) in [6.07, 6.45) is 1.92. The number of oxazole rings is 1. The molecule has 0 atom stereocenters. The molecule has 1 saturated heterocycles. The Hall–Kier alpha value is -2.04. The zero-order valence-electron chi connectivity index (χ0n) is 13.3. The van der Waals surface area contributed by atoms with Crippen LogP contribution in [0.5, 0.6) is 0 Å². The molecule has 1 aliphatic rings. The normalized spacial score (nSPS) is 17.0. The van der Waals surface area contributed by atoms with E-state index in [9.17, 15) is 0 Å². The van der Waals surface area contributed by atoms with Gasteiger partial charge in [0.15, 0.2) is 5.58 Å². The molecule has 2 heterocycles. The number of halogens is 1. The molecule has 0 spiro atoms. The minimum Gasteiger partial charge on any atom is -0.424 e. The molecule has 0 unspecified atom stereocenters. The van der Waals surface area contributed by atoms with Crippen molar-refractivity contribution in [3.8, 4) is 0 Å². The third-order valence-electron chi connectivity index (χ3n) is 4.78. The van der Waals surface area contributed by atoms with Crippen LogP contribution in [0.15, 0.2) is 52.9 Å². The van der Waals surface area contributed by atoms with Gasteiger partial charge in [-0.05, 0) is 42.7 Å². The van der Waals surface area contributed by atoms with Crippen LogP contribution in [0, 0.1) is 0 Å². The maximum absolute atomic E-state index is 6.05. The molecule has 4 nitrogen and oxygen atoms in total. The lowest BCUT2D eigenvalue weighted by atomic mass is 9.74. The summed E-state index contributed by atoms with van der Waals surface area (Å²) in [6.45, 7) is 2.28. The number of anilines is 1. The number of hydrogen-bond acceptors (Lipinski definition) is 4. The molecular formula is C19H19ClN2O2. The molecule has 0 amide bonds. The fraction of sp³-hybridized carbons (Fsp3) is 0.316. The van der Waals surface area contributed by atoms with Crippen LogP contribution in [0.3, 0.4) is 0 Å². The third-order valence-corrected chi connectivity index (χ3v) is 5.03. The number of benzene rings is 2. The van der Waals surface area contributed by atoms with Crippen LogP contribution < -0.4 is 5.32 Å². The lowest BCUT2D eigenvalue weighted by Crippen LogP contribution is -2.40. The smallest absolute Gasteiger partial charge is 0.295 e. The van der Waals surface area contributed by atoms with Gasteiger partial charge in [0.2, 0.25) is 0 Å². The molecule has 0 saturated carbocycles. The van der Waals surface area contributed by atoms with Crippen molar-refractivity contribution in [2.75, 3.05) is 25.1 Å². The fourth-order valence-electron chi connectivity index (χ4n) is 3.33. The van der Waals surface area contributed by atoms with Crippen LogP contribution in [-0.4, -0.2) is 24.7 Å². The highest BCUT2D eigenvalue weighted by molar-refractivity contribution is 6.30. The Morgan fingerprint density at radius 3 is 2.54 bits per heavy atom. The number of ether oxygens (including phenoxy) is 1. The molecule has 0 radical (unpaired) electrons. The van der Waals surface area contributed by atoms with Crippen LogP contribution in [0.4, 0.5) is 6.01 Å². The van der Waals surface area contributed by atoms with E-state index in [1.165, 1.54) is 5.56 Å². The van der Waals surface area contributed by atoms with Gasteiger partial charge in [0.25, 0.3) is 6.01 Å². The van der Waals surface area contributed by atoms with E-state index in [0.29, 0.717) is 6.01 Å². The van der Waals surface area contributed by atoms with Gasteiger partial charge in [-0.3, -0.25) is 0 Å². The van der Waals surface area contributed by atoms with Gasteiger partial charge in [-0.2, -0.15) is 4.98 Å². The zero-order valence-corrected chi connectivity index (χ0v) is 14.1. The summed E-state index contributed by atoms with van der Waals surface area (Å²) in [4.78, 5) is 4.51. The van der Waals surface area contributed by atoms with Gasteiger partial charge < -0.3 is 14.5 Å². The van der Waals surface area contributed by atoms with Crippen molar-refractivity contribution < 1.29 is 9.15 Å². The first-order valence-electron chi connectivity index (χ1n) is 8.18. The van der Waals surface area contributed by atoms with Crippen molar-refractivity contribution in [1.29, 1.82) is 0 Å². The Morgan fingerprint density at radius 1 is 1.04 bits per heavy atom. The summed E-state index contributed by atoms with van der Waals surface area (Å²) in [7, 11) is 0. The summed E-state index contributed by atoms with van der Waals surface area (Å²) >= 11 is 6.05. The highest BCUT2D eigenvalue weighted by atomic mass is 35.5. The van der Waals surface area contributed by atoms with Gasteiger partial charge in [-0.1, -0.05) is 35.9 Å². The standard InChI is InChI=1S/C19H19ClN2O2/c20-15-7-5-14(6-8-15)19(9-11-23-12-10-19)13-21-18-22-16-3-1-2-4-17(16)24-18/h1-8H,9-13H2,(H,21,22). The number of nitrogens with zero attached hydrogens (tertiary/aromatic N) is 1. The Balaban J connectivity index is 1.58. The van der Waals surface area contributed by atoms with Crippen molar-refractivity contribution in [2.24, 2.45) is 0 Å². The number of nitrogens with one attached hydrogen (secondary N) is 1. The molecule has 24 heavy (non-hydrogen) atoms. The molecule has 4 rings (SSSR count). The first kappa shape index (κ1) is 15.5. The Kier molecular flexibility index (Phi) is 4.17. The van der Waals surface area contributed by atoms with Crippen LogP contribution in [0.1, 0.15) is 18.4 Å². The fourth-order valence-corrected chi connectivity index (χ4v) is 3.45.